The minimum absolute atomic E-state index is 0.174. The molecule has 0 unspecified atom stereocenters. The van der Waals surface area contributed by atoms with Crippen LogP contribution in [0.25, 0.3) is 0 Å². The molecule has 0 bridgehead atoms. The number of nitrogens with zero attached hydrogens (tertiary/aromatic N) is 2. The van der Waals surface area contributed by atoms with Gasteiger partial charge in [0.2, 0.25) is 5.91 Å². The summed E-state index contributed by atoms with van der Waals surface area (Å²) in [5.74, 6) is -0.875. The van der Waals surface area contributed by atoms with Gasteiger partial charge >= 0.3 is 5.97 Å². The fourth-order valence-electron chi connectivity index (χ4n) is 3.19. The Kier molecular flexibility index (Phi) is 6.60. The van der Waals surface area contributed by atoms with Gasteiger partial charge in [0.1, 0.15) is 5.82 Å². The minimum Gasteiger partial charge on any atom is -0.462 e. The van der Waals surface area contributed by atoms with Crippen molar-refractivity contribution in [1.82, 2.24) is 4.90 Å². The number of halogens is 1. The number of benzene rings is 2. The zero-order valence-corrected chi connectivity index (χ0v) is 15.9. The molecule has 148 valence electrons. The van der Waals surface area contributed by atoms with Gasteiger partial charge in [-0.25, -0.2) is 9.18 Å². The maximum atomic E-state index is 13.1. The van der Waals surface area contributed by atoms with Crippen molar-refractivity contribution in [3.63, 3.8) is 0 Å². The van der Waals surface area contributed by atoms with Crippen LogP contribution in [0.4, 0.5) is 15.8 Å². The highest BCUT2D eigenvalue weighted by Gasteiger charge is 2.20. The molecule has 28 heavy (non-hydrogen) atoms. The van der Waals surface area contributed by atoms with E-state index in [-0.39, 0.29) is 24.9 Å². The second-order valence-electron chi connectivity index (χ2n) is 6.55. The Morgan fingerprint density at radius 2 is 1.71 bits per heavy atom. The van der Waals surface area contributed by atoms with E-state index >= 15 is 0 Å². The van der Waals surface area contributed by atoms with Crippen LogP contribution < -0.4 is 10.2 Å². The number of hydrogen-bond donors (Lipinski definition) is 1. The number of piperazine rings is 1. The van der Waals surface area contributed by atoms with Gasteiger partial charge in [0, 0.05) is 31.9 Å². The first kappa shape index (κ1) is 19.8. The first-order valence-corrected chi connectivity index (χ1v) is 9.35. The first-order valence-electron chi connectivity index (χ1n) is 9.35. The van der Waals surface area contributed by atoms with Gasteiger partial charge in [-0.2, -0.15) is 0 Å². The fraction of sp³-hybridized carbons (Fsp3) is 0.333. The van der Waals surface area contributed by atoms with Crippen molar-refractivity contribution < 1.29 is 18.7 Å². The molecule has 1 amide bonds. The molecule has 1 aliphatic heterocycles. The zero-order chi connectivity index (χ0) is 19.9. The highest BCUT2D eigenvalue weighted by Crippen LogP contribution is 2.18. The second kappa shape index (κ2) is 9.32. The molecule has 0 aromatic heterocycles. The number of hydrogen-bond acceptors (Lipinski definition) is 5. The molecular weight excluding hydrogens is 361 g/mol. The molecule has 1 aliphatic rings. The Hall–Kier alpha value is -2.93. The molecule has 1 fully saturated rings. The Bertz CT molecular complexity index is 818. The van der Waals surface area contributed by atoms with Crippen LogP contribution in [0.3, 0.4) is 0 Å². The van der Waals surface area contributed by atoms with E-state index in [0.29, 0.717) is 11.3 Å². The summed E-state index contributed by atoms with van der Waals surface area (Å²) >= 11 is 0. The van der Waals surface area contributed by atoms with E-state index < -0.39 is 5.97 Å². The Labute approximate surface area is 163 Å². The van der Waals surface area contributed by atoms with Gasteiger partial charge in [-0.3, -0.25) is 9.69 Å². The number of carbonyl (C=O) groups excluding carboxylic acids is 2. The predicted molar refractivity (Wildman–Crippen MR) is 106 cm³/mol. The molecule has 0 atom stereocenters. The lowest BCUT2D eigenvalue weighted by Gasteiger charge is -2.35. The summed E-state index contributed by atoms with van der Waals surface area (Å²) in [5, 5.41) is 2.81. The normalized spacial score (nSPS) is 14.6. The third-order valence-corrected chi connectivity index (χ3v) is 4.63. The van der Waals surface area contributed by atoms with Gasteiger partial charge in [0.25, 0.3) is 0 Å². The molecule has 2 aromatic rings. The topological polar surface area (TPSA) is 61.9 Å². The number of amides is 1. The van der Waals surface area contributed by atoms with Crippen LogP contribution in [0, 0.1) is 5.82 Å². The van der Waals surface area contributed by atoms with Gasteiger partial charge in [0.15, 0.2) is 0 Å². The van der Waals surface area contributed by atoms with Crippen molar-refractivity contribution in [2.24, 2.45) is 0 Å². The van der Waals surface area contributed by atoms with Crippen LogP contribution in [0.5, 0.6) is 0 Å². The average Bonchev–Trinajstić information content (AvgIpc) is 2.70. The van der Waals surface area contributed by atoms with Crippen molar-refractivity contribution in [3.05, 3.63) is 59.9 Å². The van der Waals surface area contributed by atoms with E-state index in [2.05, 4.69) is 15.1 Å². The van der Waals surface area contributed by atoms with Crippen molar-refractivity contribution >= 4 is 23.3 Å². The summed E-state index contributed by atoms with van der Waals surface area (Å²) in [5.41, 5.74) is 1.78. The molecular formula is C21H24FN3O3. The van der Waals surface area contributed by atoms with Gasteiger partial charge in [-0.15, -0.1) is 0 Å². The molecule has 0 radical (unpaired) electrons. The third kappa shape index (κ3) is 5.07. The summed E-state index contributed by atoms with van der Waals surface area (Å²) in [6, 6.07) is 13.3. The molecule has 0 spiro atoms. The molecule has 1 N–H and O–H groups in total. The number of esters is 1. The van der Waals surface area contributed by atoms with Crippen LogP contribution in [0.1, 0.15) is 17.3 Å². The minimum atomic E-state index is -0.452. The van der Waals surface area contributed by atoms with Crippen molar-refractivity contribution in [2.45, 2.75) is 6.92 Å². The van der Waals surface area contributed by atoms with Gasteiger partial charge in [-0.1, -0.05) is 12.1 Å². The van der Waals surface area contributed by atoms with E-state index in [1.807, 2.05) is 0 Å². The maximum absolute atomic E-state index is 13.1. The number of nitrogens with one attached hydrogen (secondary N) is 1. The Morgan fingerprint density at radius 3 is 2.39 bits per heavy atom. The fourth-order valence-corrected chi connectivity index (χ4v) is 3.19. The van der Waals surface area contributed by atoms with Gasteiger partial charge < -0.3 is 15.0 Å². The van der Waals surface area contributed by atoms with Crippen molar-refractivity contribution in [3.8, 4) is 0 Å². The van der Waals surface area contributed by atoms with Crippen molar-refractivity contribution in [1.29, 1.82) is 0 Å². The second-order valence-corrected chi connectivity index (χ2v) is 6.55. The highest BCUT2D eigenvalue weighted by molar-refractivity contribution is 6.01. The van der Waals surface area contributed by atoms with Crippen molar-refractivity contribution in [2.75, 3.05) is 49.5 Å². The number of ether oxygens (including phenoxy) is 1. The summed E-state index contributed by atoms with van der Waals surface area (Å²) in [7, 11) is 0. The highest BCUT2D eigenvalue weighted by atomic mass is 19.1. The standard InChI is InChI=1S/C21H24FN3O3/c1-2-28-21(27)18-5-3-4-6-19(18)23-20(26)15-24-11-13-25(14-12-24)17-9-7-16(22)8-10-17/h3-10H,2,11-15H2,1H3,(H,23,26). The number of rotatable bonds is 6. The summed E-state index contributed by atoms with van der Waals surface area (Å²) in [6.07, 6.45) is 0. The quantitative estimate of drug-likeness (QED) is 0.775. The SMILES string of the molecule is CCOC(=O)c1ccccc1NC(=O)CN1CCN(c2ccc(F)cc2)CC1. The van der Waals surface area contributed by atoms with Crippen LogP contribution in [0.15, 0.2) is 48.5 Å². The van der Waals surface area contributed by atoms with E-state index in [0.717, 1.165) is 31.9 Å². The van der Waals surface area contributed by atoms with Gasteiger partial charge in [0.05, 0.1) is 24.4 Å². The number of para-hydroxylation sites is 1. The van der Waals surface area contributed by atoms with E-state index in [9.17, 15) is 14.0 Å². The summed E-state index contributed by atoms with van der Waals surface area (Å²) < 4.78 is 18.1. The maximum Gasteiger partial charge on any atom is 0.340 e. The molecule has 3 rings (SSSR count). The molecule has 2 aromatic carbocycles. The van der Waals surface area contributed by atoms with E-state index in [4.69, 9.17) is 4.74 Å². The third-order valence-electron chi connectivity index (χ3n) is 4.63. The summed E-state index contributed by atoms with van der Waals surface area (Å²) in [4.78, 5) is 28.7. The lowest BCUT2D eigenvalue weighted by atomic mass is 10.1. The molecule has 1 saturated heterocycles. The molecule has 0 aliphatic carbocycles. The molecule has 7 heteroatoms. The Balaban J connectivity index is 1.53. The number of carbonyl (C=O) groups is 2. The number of anilines is 2. The predicted octanol–water partition coefficient (Wildman–Crippen LogP) is 2.76. The average molecular weight is 385 g/mol. The van der Waals surface area contributed by atoms with E-state index in [1.54, 1.807) is 43.3 Å². The molecule has 6 nitrogen and oxygen atoms in total. The zero-order valence-electron chi connectivity index (χ0n) is 15.9. The van der Waals surface area contributed by atoms with Crippen LogP contribution >= 0.6 is 0 Å². The van der Waals surface area contributed by atoms with Gasteiger partial charge in [-0.05, 0) is 43.3 Å². The van der Waals surface area contributed by atoms with Crippen LogP contribution in [-0.2, 0) is 9.53 Å². The monoisotopic (exact) mass is 385 g/mol. The molecule has 0 saturated carbocycles. The van der Waals surface area contributed by atoms with E-state index in [1.165, 1.54) is 12.1 Å². The Morgan fingerprint density at radius 1 is 1.04 bits per heavy atom. The first-order chi connectivity index (χ1) is 13.6. The smallest absolute Gasteiger partial charge is 0.340 e. The largest absolute Gasteiger partial charge is 0.462 e. The van der Waals surface area contributed by atoms with Crippen LogP contribution in [0.2, 0.25) is 0 Å². The molecule has 1 heterocycles. The lowest BCUT2D eigenvalue weighted by molar-refractivity contribution is -0.117. The summed E-state index contributed by atoms with van der Waals surface area (Å²) in [6.45, 7) is 5.24. The lowest BCUT2D eigenvalue weighted by Crippen LogP contribution is -2.48. The van der Waals surface area contributed by atoms with Crippen LogP contribution in [-0.4, -0.2) is 56.1 Å².